The van der Waals surface area contributed by atoms with Crippen LogP contribution in [0.25, 0.3) is 10.9 Å². The summed E-state index contributed by atoms with van der Waals surface area (Å²) >= 11 is 0. The first-order chi connectivity index (χ1) is 9.49. The first-order valence-electron chi connectivity index (χ1n) is 5.21. The third-order valence-electron chi connectivity index (χ3n) is 2.50. The molecule has 0 atom stereocenters. The molecule has 114 valence electrons. The van der Waals surface area contributed by atoms with Gasteiger partial charge in [-0.3, -0.25) is 0 Å². The van der Waals surface area contributed by atoms with Gasteiger partial charge in [-0.05, 0) is 12.1 Å². The summed E-state index contributed by atoms with van der Waals surface area (Å²) in [5.41, 5.74) is -3.04. The maximum Gasteiger partial charge on any atom is 0.573 e. The molecule has 1 aromatic heterocycles. The van der Waals surface area contributed by atoms with Crippen molar-refractivity contribution < 1.29 is 41.0 Å². The normalized spacial score (nSPS) is 12.7. The Balaban J connectivity index is 2.63. The number of carboxylic acids is 1. The Labute approximate surface area is 111 Å². The monoisotopic (exact) mass is 313 g/mol. The van der Waals surface area contributed by atoms with E-state index in [1.165, 1.54) is 0 Å². The number of benzene rings is 1. The Morgan fingerprint density at radius 1 is 1.14 bits per heavy atom. The maximum atomic E-state index is 12.7. The molecule has 4 nitrogen and oxygen atoms in total. The number of hydrogen-bond acceptors (Lipinski definition) is 2. The molecule has 0 amide bonds. The number of ether oxygens (including phenoxy) is 1. The summed E-state index contributed by atoms with van der Waals surface area (Å²) < 4.78 is 77.8. The topological polar surface area (TPSA) is 62.3 Å². The SMILES string of the molecule is O=C(O)c1c(C(F)(F)F)[nH]c2cc(OC(F)(F)F)ccc12. The summed E-state index contributed by atoms with van der Waals surface area (Å²) in [5, 5.41) is 8.47. The van der Waals surface area contributed by atoms with E-state index in [0.717, 1.165) is 12.1 Å². The van der Waals surface area contributed by atoms with Crippen molar-refractivity contribution in [3.05, 3.63) is 29.5 Å². The average Bonchev–Trinajstić information content (AvgIpc) is 2.64. The molecule has 21 heavy (non-hydrogen) atoms. The van der Waals surface area contributed by atoms with Crippen LogP contribution in [-0.2, 0) is 6.18 Å². The highest BCUT2D eigenvalue weighted by Crippen LogP contribution is 2.37. The minimum atomic E-state index is -5.01. The van der Waals surface area contributed by atoms with Crippen LogP contribution in [0.15, 0.2) is 18.2 Å². The molecule has 0 saturated carbocycles. The smallest absolute Gasteiger partial charge is 0.478 e. The number of aromatic carboxylic acids is 1. The van der Waals surface area contributed by atoms with E-state index < -0.39 is 41.0 Å². The van der Waals surface area contributed by atoms with Gasteiger partial charge in [0.25, 0.3) is 0 Å². The zero-order valence-electron chi connectivity index (χ0n) is 9.76. The molecule has 0 aliphatic rings. The molecule has 0 spiro atoms. The van der Waals surface area contributed by atoms with Gasteiger partial charge in [-0.25, -0.2) is 4.79 Å². The molecule has 0 aliphatic heterocycles. The molecule has 1 aromatic carbocycles. The maximum absolute atomic E-state index is 12.7. The Morgan fingerprint density at radius 2 is 1.76 bits per heavy atom. The minimum absolute atomic E-state index is 0.371. The molecule has 2 aromatic rings. The number of H-pyrrole nitrogens is 1. The zero-order chi connectivity index (χ0) is 16.0. The molecule has 0 fully saturated rings. The lowest BCUT2D eigenvalue weighted by Gasteiger charge is -2.08. The summed E-state index contributed by atoms with van der Waals surface area (Å²) in [6.45, 7) is 0. The van der Waals surface area contributed by atoms with Gasteiger partial charge in [0.1, 0.15) is 11.4 Å². The van der Waals surface area contributed by atoms with E-state index in [1.807, 2.05) is 0 Å². The molecular formula is C11H5F6NO3. The number of nitrogens with one attached hydrogen (secondary N) is 1. The van der Waals surface area contributed by atoms with E-state index in [0.29, 0.717) is 6.07 Å². The number of alkyl halides is 6. The van der Waals surface area contributed by atoms with Gasteiger partial charge in [0.05, 0.1) is 11.1 Å². The summed E-state index contributed by atoms with van der Waals surface area (Å²) in [6, 6.07) is 2.19. The van der Waals surface area contributed by atoms with Crippen LogP contribution >= 0.6 is 0 Å². The highest BCUT2D eigenvalue weighted by atomic mass is 19.4. The number of carbonyl (C=O) groups is 1. The lowest BCUT2D eigenvalue weighted by atomic mass is 10.1. The fraction of sp³-hybridized carbons (Fsp3) is 0.182. The quantitative estimate of drug-likeness (QED) is 0.829. The van der Waals surface area contributed by atoms with E-state index in [-0.39, 0.29) is 5.39 Å². The van der Waals surface area contributed by atoms with Gasteiger partial charge in [0.15, 0.2) is 0 Å². The van der Waals surface area contributed by atoms with Crippen molar-refractivity contribution in [2.75, 3.05) is 0 Å². The molecule has 0 unspecified atom stereocenters. The second kappa shape index (κ2) is 4.57. The van der Waals surface area contributed by atoms with Crippen molar-refractivity contribution in [2.24, 2.45) is 0 Å². The molecule has 0 bridgehead atoms. The lowest BCUT2D eigenvalue weighted by molar-refractivity contribution is -0.274. The van der Waals surface area contributed by atoms with Crippen molar-refractivity contribution in [1.29, 1.82) is 0 Å². The van der Waals surface area contributed by atoms with Crippen molar-refractivity contribution in [3.63, 3.8) is 0 Å². The average molecular weight is 313 g/mol. The molecular weight excluding hydrogens is 308 g/mol. The van der Waals surface area contributed by atoms with Crippen LogP contribution in [0.4, 0.5) is 26.3 Å². The number of halogens is 6. The molecule has 10 heteroatoms. The minimum Gasteiger partial charge on any atom is -0.478 e. The predicted octanol–water partition coefficient (Wildman–Crippen LogP) is 3.78. The Morgan fingerprint density at radius 3 is 2.24 bits per heavy atom. The zero-order valence-corrected chi connectivity index (χ0v) is 9.76. The van der Waals surface area contributed by atoms with Crippen LogP contribution in [0.2, 0.25) is 0 Å². The summed E-state index contributed by atoms with van der Waals surface area (Å²) in [6.07, 6.45) is -10.00. The van der Waals surface area contributed by atoms with E-state index in [9.17, 15) is 31.1 Å². The highest BCUT2D eigenvalue weighted by molar-refractivity contribution is 6.05. The van der Waals surface area contributed by atoms with Gasteiger partial charge >= 0.3 is 18.5 Å². The van der Waals surface area contributed by atoms with Crippen LogP contribution in [-0.4, -0.2) is 22.4 Å². The fourth-order valence-electron chi connectivity index (χ4n) is 1.81. The number of carboxylic acid groups (broad SMARTS) is 1. The molecule has 0 aliphatic carbocycles. The van der Waals surface area contributed by atoms with Crippen molar-refractivity contribution >= 4 is 16.9 Å². The van der Waals surface area contributed by atoms with Crippen molar-refractivity contribution in [2.45, 2.75) is 12.5 Å². The fourth-order valence-corrected chi connectivity index (χ4v) is 1.81. The molecule has 1 heterocycles. The Bertz CT molecular complexity index is 700. The summed E-state index contributed by atoms with van der Waals surface area (Å²) in [4.78, 5) is 12.7. The highest BCUT2D eigenvalue weighted by Gasteiger charge is 2.39. The third-order valence-corrected chi connectivity index (χ3v) is 2.50. The number of fused-ring (bicyclic) bond motifs is 1. The van der Waals surface area contributed by atoms with Gasteiger partial charge in [-0.2, -0.15) is 13.2 Å². The largest absolute Gasteiger partial charge is 0.573 e. The van der Waals surface area contributed by atoms with Crippen LogP contribution < -0.4 is 4.74 Å². The van der Waals surface area contributed by atoms with Crippen molar-refractivity contribution in [3.8, 4) is 5.75 Å². The summed E-state index contributed by atoms with van der Waals surface area (Å²) in [5.74, 6) is -2.61. The molecule has 2 N–H and O–H groups in total. The van der Waals surface area contributed by atoms with Gasteiger partial charge in [0.2, 0.25) is 0 Å². The van der Waals surface area contributed by atoms with Gasteiger partial charge in [0, 0.05) is 11.5 Å². The van der Waals surface area contributed by atoms with E-state index in [4.69, 9.17) is 5.11 Å². The van der Waals surface area contributed by atoms with Gasteiger partial charge in [-0.1, -0.05) is 0 Å². The van der Waals surface area contributed by atoms with E-state index in [2.05, 4.69) is 4.74 Å². The standard InChI is InChI=1S/C11H5F6NO3/c12-10(13,14)8-7(9(19)20)5-2-1-4(3-6(5)18-8)21-11(15,16)17/h1-3,18H,(H,19,20). The second-order valence-electron chi connectivity index (χ2n) is 3.93. The van der Waals surface area contributed by atoms with E-state index in [1.54, 1.807) is 4.98 Å². The third kappa shape index (κ3) is 3.03. The van der Waals surface area contributed by atoms with Gasteiger partial charge in [-0.15, -0.1) is 13.2 Å². The van der Waals surface area contributed by atoms with Crippen LogP contribution in [0.5, 0.6) is 5.75 Å². The van der Waals surface area contributed by atoms with E-state index >= 15 is 0 Å². The van der Waals surface area contributed by atoms with Gasteiger partial charge < -0.3 is 14.8 Å². The van der Waals surface area contributed by atoms with Crippen LogP contribution in [0, 0.1) is 0 Å². The molecule has 2 rings (SSSR count). The second-order valence-corrected chi connectivity index (χ2v) is 3.93. The Kier molecular flexibility index (Phi) is 3.27. The summed E-state index contributed by atoms with van der Waals surface area (Å²) in [7, 11) is 0. The number of rotatable bonds is 2. The van der Waals surface area contributed by atoms with Crippen LogP contribution in [0.1, 0.15) is 16.1 Å². The number of aromatic amines is 1. The first kappa shape index (κ1) is 15.0. The number of aromatic nitrogens is 1. The lowest BCUT2D eigenvalue weighted by Crippen LogP contribution is -2.16. The molecule has 0 saturated heterocycles. The number of hydrogen-bond donors (Lipinski definition) is 2. The molecule has 0 radical (unpaired) electrons. The Hall–Kier alpha value is -2.39. The first-order valence-corrected chi connectivity index (χ1v) is 5.21. The van der Waals surface area contributed by atoms with Crippen molar-refractivity contribution in [1.82, 2.24) is 4.98 Å². The van der Waals surface area contributed by atoms with Crippen LogP contribution in [0.3, 0.4) is 0 Å². The predicted molar refractivity (Wildman–Crippen MR) is 56.9 cm³/mol.